The molecule has 0 aliphatic heterocycles. The number of aromatic nitrogens is 1. The Morgan fingerprint density at radius 3 is 2.83 bits per heavy atom. The molecule has 1 aromatic heterocycles. The predicted molar refractivity (Wildman–Crippen MR) is 88.2 cm³/mol. The summed E-state index contributed by atoms with van der Waals surface area (Å²) in [7, 11) is 0. The van der Waals surface area contributed by atoms with Gasteiger partial charge in [0.15, 0.2) is 0 Å². The molecule has 2 aliphatic carbocycles. The molecule has 1 saturated carbocycles. The van der Waals surface area contributed by atoms with Crippen molar-refractivity contribution in [1.29, 1.82) is 0 Å². The van der Waals surface area contributed by atoms with Gasteiger partial charge in [-0.1, -0.05) is 12.2 Å². The minimum Gasteiger partial charge on any atom is -0.462 e. The molecule has 0 saturated heterocycles. The number of nitrogens with zero attached hydrogens (tertiary/aromatic N) is 1. The molecule has 0 spiro atoms. The van der Waals surface area contributed by atoms with Gasteiger partial charge in [-0.15, -0.1) is 11.3 Å². The van der Waals surface area contributed by atoms with Gasteiger partial charge in [-0.3, -0.25) is 4.79 Å². The Hall–Kier alpha value is -1.69. The number of carbonyl (C=O) groups is 2. The Balaban J connectivity index is 1.65. The second-order valence-electron chi connectivity index (χ2n) is 6.30. The number of esters is 1. The molecule has 0 aromatic carbocycles. The Labute approximate surface area is 140 Å². The Bertz CT molecular complexity index is 652. The molecule has 3 rings (SSSR count). The highest BCUT2D eigenvalue weighted by molar-refractivity contribution is 7.13. The minimum absolute atomic E-state index is 0.0815. The number of aryl methyl sites for hydroxylation is 1. The van der Waals surface area contributed by atoms with Crippen LogP contribution in [0.1, 0.15) is 53.1 Å². The maximum absolute atomic E-state index is 12.5. The van der Waals surface area contributed by atoms with Gasteiger partial charge in [0.25, 0.3) is 0 Å². The van der Waals surface area contributed by atoms with E-state index in [0.717, 1.165) is 17.8 Å². The normalized spacial score (nSPS) is 26.3. The molecule has 124 valence electrons. The van der Waals surface area contributed by atoms with E-state index in [9.17, 15) is 9.59 Å². The molecule has 0 unspecified atom stereocenters. The van der Waals surface area contributed by atoms with E-state index in [1.807, 2.05) is 6.92 Å². The van der Waals surface area contributed by atoms with Crippen LogP contribution in [0.25, 0.3) is 0 Å². The number of fused-ring (bicyclic) bond motifs is 2. The van der Waals surface area contributed by atoms with Gasteiger partial charge < -0.3 is 10.1 Å². The molecule has 1 amide bonds. The average molecular weight is 334 g/mol. The highest BCUT2D eigenvalue weighted by Gasteiger charge is 2.40. The van der Waals surface area contributed by atoms with Gasteiger partial charge in [0.2, 0.25) is 5.91 Å². The second-order valence-corrected chi connectivity index (χ2v) is 7.33. The van der Waals surface area contributed by atoms with Crippen molar-refractivity contribution in [3.63, 3.8) is 0 Å². The van der Waals surface area contributed by atoms with Crippen LogP contribution >= 0.6 is 11.3 Å². The highest BCUT2D eigenvalue weighted by atomic mass is 32.1. The molecule has 5 nitrogen and oxygen atoms in total. The van der Waals surface area contributed by atoms with Crippen LogP contribution in [0.2, 0.25) is 0 Å². The zero-order valence-electron chi connectivity index (χ0n) is 13.7. The van der Waals surface area contributed by atoms with E-state index < -0.39 is 0 Å². The molecular weight excluding hydrogens is 312 g/mol. The van der Waals surface area contributed by atoms with E-state index in [4.69, 9.17) is 4.74 Å². The van der Waals surface area contributed by atoms with E-state index in [-0.39, 0.29) is 23.8 Å². The Kier molecular flexibility index (Phi) is 4.53. The number of ether oxygens (including phenoxy) is 1. The lowest BCUT2D eigenvalue weighted by Crippen LogP contribution is -2.34. The number of thiazole rings is 1. The van der Waals surface area contributed by atoms with Crippen molar-refractivity contribution >= 4 is 23.2 Å². The lowest BCUT2D eigenvalue weighted by molar-refractivity contribution is -0.126. The van der Waals surface area contributed by atoms with Gasteiger partial charge in [0, 0.05) is 5.92 Å². The molecule has 2 aliphatic rings. The van der Waals surface area contributed by atoms with Crippen LogP contribution in [-0.4, -0.2) is 23.5 Å². The third kappa shape index (κ3) is 3.17. The van der Waals surface area contributed by atoms with E-state index in [2.05, 4.69) is 22.5 Å². The predicted octanol–water partition coefficient (Wildman–Crippen LogP) is 3.02. The first kappa shape index (κ1) is 16.2. The number of amides is 1. The first-order valence-electron chi connectivity index (χ1n) is 8.12. The summed E-state index contributed by atoms with van der Waals surface area (Å²) in [4.78, 5) is 29.3. The number of nitrogens with one attached hydrogen (secondary N) is 1. The second kappa shape index (κ2) is 6.43. The first-order valence-corrected chi connectivity index (χ1v) is 8.94. The van der Waals surface area contributed by atoms with Crippen LogP contribution in [0.4, 0.5) is 0 Å². The van der Waals surface area contributed by atoms with Crippen LogP contribution in [0, 0.1) is 24.7 Å². The minimum atomic E-state index is -0.342. The molecule has 6 heteroatoms. The zero-order valence-corrected chi connectivity index (χ0v) is 14.5. The molecule has 0 radical (unpaired) electrons. The molecule has 4 atom stereocenters. The third-order valence-corrected chi connectivity index (χ3v) is 5.94. The molecule has 1 heterocycles. The van der Waals surface area contributed by atoms with E-state index in [0.29, 0.717) is 29.0 Å². The maximum atomic E-state index is 12.5. The van der Waals surface area contributed by atoms with E-state index >= 15 is 0 Å². The molecular formula is C17H22N2O3S. The van der Waals surface area contributed by atoms with E-state index in [1.165, 1.54) is 11.3 Å². The fourth-order valence-corrected chi connectivity index (χ4v) is 4.42. The Morgan fingerprint density at radius 2 is 2.22 bits per heavy atom. The third-order valence-electron chi connectivity index (χ3n) is 4.62. The fraction of sp³-hybridized carbons (Fsp3) is 0.588. The van der Waals surface area contributed by atoms with Gasteiger partial charge in [-0.2, -0.15) is 0 Å². The van der Waals surface area contributed by atoms with Crippen molar-refractivity contribution in [3.05, 3.63) is 27.7 Å². The monoisotopic (exact) mass is 334 g/mol. The smallest absolute Gasteiger partial charge is 0.350 e. The van der Waals surface area contributed by atoms with E-state index in [1.54, 1.807) is 13.8 Å². The maximum Gasteiger partial charge on any atom is 0.350 e. The Morgan fingerprint density at radius 1 is 1.43 bits per heavy atom. The average Bonchev–Trinajstić information content (AvgIpc) is 3.21. The standard InChI is InChI=1S/C17H22N2O3S/c1-4-22-17(21)14-9(2)19-16(23-14)10(3)18-15(20)13-8-11-5-6-12(13)7-11/h5-6,10-13H,4,7-8H2,1-3H3,(H,18,20)/t10-,11+,12+,13-/m1/s1. The van der Waals surface area contributed by atoms with Crippen molar-refractivity contribution in [2.45, 2.75) is 39.7 Å². The van der Waals surface area contributed by atoms with Gasteiger partial charge in [0.05, 0.1) is 18.3 Å². The van der Waals surface area contributed by atoms with Gasteiger partial charge in [-0.05, 0) is 45.4 Å². The summed E-state index contributed by atoms with van der Waals surface area (Å²) in [6, 6.07) is -0.197. The van der Waals surface area contributed by atoms with Crippen molar-refractivity contribution in [2.75, 3.05) is 6.61 Å². The number of hydrogen-bond donors (Lipinski definition) is 1. The van der Waals surface area contributed by atoms with Gasteiger partial charge in [-0.25, -0.2) is 9.78 Å². The number of rotatable bonds is 5. The molecule has 2 bridgehead atoms. The van der Waals surface area contributed by atoms with Crippen LogP contribution in [0.15, 0.2) is 12.2 Å². The van der Waals surface area contributed by atoms with Crippen LogP contribution in [0.3, 0.4) is 0 Å². The van der Waals surface area contributed by atoms with Crippen LogP contribution < -0.4 is 5.32 Å². The fourth-order valence-electron chi connectivity index (χ4n) is 3.45. The summed E-state index contributed by atoms with van der Waals surface area (Å²) in [6.07, 6.45) is 6.46. The summed E-state index contributed by atoms with van der Waals surface area (Å²) >= 11 is 1.30. The van der Waals surface area contributed by atoms with Crippen LogP contribution in [0.5, 0.6) is 0 Å². The quantitative estimate of drug-likeness (QED) is 0.664. The molecule has 1 fully saturated rings. The SMILES string of the molecule is CCOC(=O)c1sc([C@@H](C)NC(=O)[C@@H]2C[C@H]3C=C[C@H]2C3)nc1C. The summed E-state index contributed by atoms with van der Waals surface area (Å²) < 4.78 is 5.03. The van der Waals surface area contributed by atoms with Crippen molar-refractivity contribution < 1.29 is 14.3 Å². The lowest BCUT2D eigenvalue weighted by Gasteiger charge is -2.20. The zero-order chi connectivity index (χ0) is 16.6. The van der Waals surface area contributed by atoms with Crippen molar-refractivity contribution in [2.24, 2.45) is 17.8 Å². The van der Waals surface area contributed by atoms with Crippen molar-refractivity contribution in [3.8, 4) is 0 Å². The largest absolute Gasteiger partial charge is 0.462 e. The summed E-state index contributed by atoms with van der Waals surface area (Å²) in [6.45, 7) is 5.83. The van der Waals surface area contributed by atoms with Gasteiger partial charge in [0.1, 0.15) is 9.88 Å². The number of hydrogen-bond acceptors (Lipinski definition) is 5. The van der Waals surface area contributed by atoms with Gasteiger partial charge >= 0.3 is 5.97 Å². The summed E-state index contributed by atoms with van der Waals surface area (Å²) in [5, 5.41) is 3.81. The highest BCUT2D eigenvalue weighted by Crippen LogP contribution is 2.43. The molecule has 1 N–H and O–H groups in total. The summed E-state index contributed by atoms with van der Waals surface area (Å²) in [5.41, 5.74) is 0.660. The first-order chi connectivity index (χ1) is 11.0. The topological polar surface area (TPSA) is 68.3 Å². The summed E-state index contributed by atoms with van der Waals surface area (Å²) in [5.74, 6) is 0.798. The molecule has 23 heavy (non-hydrogen) atoms. The number of allylic oxidation sites excluding steroid dienone is 2. The molecule has 1 aromatic rings. The van der Waals surface area contributed by atoms with Crippen LogP contribution in [-0.2, 0) is 9.53 Å². The number of carbonyl (C=O) groups excluding carboxylic acids is 2. The van der Waals surface area contributed by atoms with Crippen molar-refractivity contribution in [1.82, 2.24) is 10.3 Å². The lowest BCUT2D eigenvalue weighted by atomic mass is 9.92.